The predicted octanol–water partition coefficient (Wildman–Crippen LogP) is 3.35. The van der Waals surface area contributed by atoms with Crippen LogP contribution in [0.25, 0.3) is 10.8 Å². The molecule has 20 heavy (non-hydrogen) atoms. The minimum absolute atomic E-state index is 0.757. The van der Waals surface area contributed by atoms with E-state index in [4.69, 9.17) is 10.2 Å². The Morgan fingerprint density at radius 2 is 2.10 bits per heavy atom. The van der Waals surface area contributed by atoms with Crippen molar-refractivity contribution in [1.29, 1.82) is 0 Å². The summed E-state index contributed by atoms with van der Waals surface area (Å²) in [5.74, 6) is 0. The number of hydrogen-bond acceptors (Lipinski definition) is 4. The van der Waals surface area contributed by atoms with E-state index in [2.05, 4.69) is 29.1 Å². The summed E-state index contributed by atoms with van der Waals surface area (Å²) in [5, 5.41) is 2.12. The maximum Gasteiger partial charge on any atom is 0.0952 e. The summed E-state index contributed by atoms with van der Waals surface area (Å²) in [7, 11) is 2.06. The molecule has 0 aliphatic carbocycles. The molecule has 0 amide bonds. The molecule has 0 atom stereocenters. The molecule has 3 rings (SSSR count). The highest BCUT2D eigenvalue weighted by Gasteiger charge is 2.10. The van der Waals surface area contributed by atoms with E-state index in [1.807, 2.05) is 25.3 Å². The van der Waals surface area contributed by atoms with Crippen LogP contribution in [-0.4, -0.2) is 12.0 Å². The van der Waals surface area contributed by atoms with Crippen molar-refractivity contribution in [2.75, 3.05) is 17.7 Å². The van der Waals surface area contributed by atoms with Crippen molar-refractivity contribution in [3.05, 3.63) is 54.2 Å². The highest BCUT2D eigenvalue weighted by molar-refractivity contribution is 6.01. The maximum atomic E-state index is 6.04. The van der Waals surface area contributed by atoms with Crippen LogP contribution in [0.2, 0.25) is 0 Å². The summed E-state index contributed by atoms with van der Waals surface area (Å²) in [5.41, 5.74) is 10.1. The molecule has 3 aromatic rings. The van der Waals surface area contributed by atoms with Gasteiger partial charge in [-0.3, -0.25) is 4.98 Å². The molecule has 0 bridgehead atoms. The number of hydrogen-bond donors (Lipinski definition) is 1. The molecule has 4 nitrogen and oxygen atoms in total. The molecule has 2 heterocycles. The van der Waals surface area contributed by atoms with Crippen molar-refractivity contribution < 1.29 is 4.42 Å². The first-order valence-corrected chi connectivity index (χ1v) is 6.52. The Balaban J connectivity index is 2.06. The maximum absolute atomic E-state index is 6.04. The zero-order valence-corrected chi connectivity index (χ0v) is 11.6. The topological polar surface area (TPSA) is 55.3 Å². The molecule has 0 aliphatic heterocycles. The molecule has 0 saturated heterocycles. The van der Waals surface area contributed by atoms with Crippen molar-refractivity contribution >= 4 is 22.1 Å². The van der Waals surface area contributed by atoms with Crippen LogP contribution in [0.1, 0.15) is 11.3 Å². The first-order valence-electron chi connectivity index (χ1n) is 6.52. The van der Waals surface area contributed by atoms with Gasteiger partial charge < -0.3 is 15.1 Å². The molecular weight excluding hydrogens is 250 g/mol. The van der Waals surface area contributed by atoms with Crippen LogP contribution in [0.5, 0.6) is 0 Å². The minimum atomic E-state index is 0.757. The molecule has 0 aliphatic rings. The number of nitrogens with zero attached hydrogens (tertiary/aromatic N) is 2. The van der Waals surface area contributed by atoms with Gasteiger partial charge in [-0.1, -0.05) is 0 Å². The summed E-state index contributed by atoms with van der Waals surface area (Å²) in [6.45, 7) is 2.78. The number of aromatic nitrogens is 1. The van der Waals surface area contributed by atoms with Crippen LogP contribution >= 0.6 is 0 Å². The van der Waals surface area contributed by atoms with E-state index in [0.29, 0.717) is 0 Å². The zero-order chi connectivity index (χ0) is 14.1. The van der Waals surface area contributed by atoms with Crippen LogP contribution in [0, 0.1) is 6.92 Å². The van der Waals surface area contributed by atoms with E-state index in [9.17, 15) is 0 Å². The second-order valence-corrected chi connectivity index (χ2v) is 5.03. The van der Waals surface area contributed by atoms with Crippen LogP contribution in [-0.2, 0) is 6.54 Å². The van der Waals surface area contributed by atoms with E-state index in [1.165, 1.54) is 0 Å². The van der Waals surface area contributed by atoms with E-state index in [0.717, 1.165) is 39.9 Å². The van der Waals surface area contributed by atoms with Gasteiger partial charge in [0.15, 0.2) is 0 Å². The normalized spacial score (nSPS) is 10.9. The lowest BCUT2D eigenvalue weighted by atomic mass is 10.1. The molecule has 2 N–H and O–H groups in total. The minimum Gasteiger partial charge on any atom is -0.472 e. The van der Waals surface area contributed by atoms with Crippen molar-refractivity contribution in [3.8, 4) is 0 Å². The number of fused-ring (bicyclic) bond motifs is 1. The smallest absolute Gasteiger partial charge is 0.0952 e. The van der Waals surface area contributed by atoms with Crippen molar-refractivity contribution in [1.82, 2.24) is 4.98 Å². The summed E-state index contributed by atoms with van der Waals surface area (Å²) in [6, 6.07) is 8.04. The van der Waals surface area contributed by atoms with Gasteiger partial charge in [0.25, 0.3) is 0 Å². The number of furan rings is 1. The average molecular weight is 267 g/mol. The third kappa shape index (κ3) is 2.20. The largest absolute Gasteiger partial charge is 0.472 e. The first-order chi connectivity index (χ1) is 9.65. The van der Waals surface area contributed by atoms with Crippen LogP contribution in [0.3, 0.4) is 0 Å². The monoisotopic (exact) mass is 267 g/mol. The van der Waals surface area contributed by atoms with Crippen LogP contribution in [0.15, 0.2) is 47.4 Å². The highest BCUT2D eigenvalue weighted by Crippen LogP contribution is 2.31. The number of anilines is 2. The molecule has 0 unspecified atom stereocenters. The number of nitrogen functional groups attached to an aromatic ring is 1. The zero-order valence-electron chi connectivity index (χ0n) is 11.6. The van der Waals surface area contributed by atoms with Gasteiger partial charge in [0.1, 0.15) is 0 Å². The van der Waals surface area contributed by atoms with Crippen molar-refractivity contribution in [2.45, 2.75) is 13.5 Å². The van der Waals surface area contributed by atoms with Crippen molar-refractivity contribution in [2.24, 2.45) is 0 Å². The number of nitrogens with two attached hydrogens (primary N) is 1. The van der Waals surface area contributed by atoms with Gasteiger partial charge >= 0.3 is 0 Å². The standard InChI is InChI=1S/C16H17N3O/c1-11-7-13-14(8-18-11)15(17)3-4-16(13)19(2)9-12-5-6-20-10-12/h3-8,10H,9,17H2,1-2H3. The van der Waals surface area contributed by atoms with Crippen LogP contribution in [0.4, 0.5) is 11.4 Å². The Bertz CT molecular complexity index is 735. The molecule has 2 aromatic heterocycles. The van der Waals surface area contributed by atoms with E-state index < -0.39 is 0 Å². The number of pyridine rings is 1. The lowest BCUT2D eigenvalue weighted by Gasteiger charge is -2.21. The van der Waals surface area contributed by atoms with E-state index in [-0.39, 0.29) is 0 Å². The molecule has 0 spiro atoms. The molecule has 0 saturated carbocycles. The lowest BCUT2D eigenvalue weighted by Crippen LogP contribution is -2.16. The third-order valence-corrected chi connectivity index (χ3v) is 3.46. The molecule has 102 valence electrons. The van der Waals surface area contributed by atoms with Gasteiger partial charge in [-0.25, -0.2) is 0 Å². The fraction of sp³-hybridized carbons (Fsp3) is 0.188. The second kappa shape index (κ2) is 4.89. The molecule has 0 radical (unpaired) electrons. The van der Waals surface area contributed by atoms with E-state index >= 15 is 0 Å². The summed E-state index contributed by atoms with van der Waals surface area (Å²) < 4.78 is 5.12. The number of benzene rings is 1. The van der Waals surface area contributed by atoms with Gasteiger partial charge in [0.05, 0.1) is 12.5 Å². The van der Waals surface area contributed by atoms with Gasteiger partial charge in [-0.15, -0.1) is 0 Å². The third-order valence-electron chi connectivity index (χ3n) is 3.46. The fourth-order valence-corrected chi connectivity index (χ4v) is 2.42. The predicted molar refractivity (Wildman–Crippen MR) is 81.7 cm³/mol. The lowest BCUT2D eigenvalue weighted by molar-refractivity contribution is 0.563. The SMILES string of the molecule is Cc1cc2c(N(C)Cc3ccoc3)ccc(N)c2cn1. The molecule has 4 heteroatoms. The molecular formula is C16H17N3O. The Hall–Kier alpha value is -2.49. The highest BCUT2D eigenvalue weighted by atomic mass is 16.3. The first kappa shape index (κ1) is 12.5. The second-order valence-electron chi connectivity index (χ2n) is 5.03. The van der Waals surface area contributed by atoms with Gasteiger partial charge in [0.2, 0.25) is 0 Å². The van der Waals surface area contributed by atoms with Gasteiger partial charge in [-0.2, -0.15) is 0 Å². The summed E-state index contributed by atoms with van der Waals surface area (Å²) >= 11 is 0. The Kier molecular flexibility index (Phi) is 3.06. The Morgan fingerprint density at radius 3 is 2.85 bits per heavy atom. The van der Waals surface area contributed by atoms with Gasteiger partial charge in [-0.05, 0) is 31.2 Å². The summed E-state index contributed by atoms with van der Waals surface area (Å²) in [4.78, 5) is 6.52. The summed E-state index contributed by atoms with van der Waals surface area (Å²) in [6.07, 6.45) is 5.30. The number of aryl methyl sites for hydroxylation is 1. The fourth-order valence-electron chi connectivity index (χ4n) is 2.42. The Labute approximate surface area is 117 Å². The van der Waals surface area contributed by atoms with Crippen molar-refractivity contribution in [3.63, 3.8) is 0 Å². The molecule has 1 aromatic carbocycles. The van der Waals surface area contributed by atoms with Gasteiger partial charge in [0, 0.05) is 53.2 Å². The Morgan fingerprint density at radius 1 is 1.25 bits per heavy atom. The number of rotatable bonds is 3. The average Bonchev–Trinajstić information content (AvgIpc) is 2.91. The quantitative estimate of drug-likeness (QED) is 0.739. The van der Waals surface area contributed by atoms with E-state index in [1.54, 1.807) is 12.5 Å². The van der Waals surface area contributed by atoms with Crippen LogP contribution < -0.4 is 10.6 Å². The molecule has 0 fully saturated rings.